The van der Waals surface area contributed by atoms with Crippen LogP contribution in [0.15, 0.2) is 5.16 Å². The minimum absolute atomic E-state index is 0.0809. The molecule has 0 amide bonds. The molecule has 1 heterocycles. The minimum Gasteiger partial charge on any atom is -0.481 e. The number of aryl methyl sites for hydroxylation is 1. The maximum absolute atomic E-state index is 10.6. The van der Waals surface area contributed by atoms with Crippen molar-refractivity contribution in [2.45, 2.75) is 50.1 Å². The minimum atomic E-state index is -0.790. The van der Waals surface area contributed by atoms with E-state index in [2.05, 4.69) is 9.97 Å². The third kappa shape index (κ3) is 2.28. The summed E-state index contributed by atoms with van der Waals surface area (Å²) in [5.74, 6) is -0.709. The Morgan fingerprint density at radius 2 is 2.17 bits per heavy atom. The summed E-state index contributed by atoms with van der Waals surface area (Å²) in [6.45, 7) is 0. The summed E-state index contributed by atoms with van der Waals surface area (Å²) in [5.41, 5.74) is 2.95. The normalized spacial score (nSPS) is 21.1. The van der Waals surface area contributed by atoms with Gasteiger partial charge >= 0.3 is 5.97 Å². The van der Waals surface area contributed by atoms with E-state index in [4.69, 9.17) is 5.11 Å². The lowest BCUT2D eigenvalue weighted by atomic mass is 9.73. The van der Waals surface area contributed by atoms with Gasteiger partial charge in [0.15, 0.2) is 5.16 Å². The summed E-state index contributed by atoms with van der Waals surface area (Å²) < 4.78 is 0. The van der Waals surface area contributed by atoms with Crippen molar-refractivity contribution >= 4 is 17.7 Å². The van der Waals surface area contributed by atoms with E-state index in [9.17, 15) is 4.79 Å². The number of aliphatic carboxylic acids is 1. The van der Waals surface area contributed by atoms with Crippen molar-refractivity contribution in [2.24, 2.45) is 5.41 Å². The van der Waals surface area contributed by atoms with Gasteiger partial charge in [0, 0.05) is 5.69 Å². The maximum atomic E-state index is 10.6. The molecule has 0 atom stereocenters. The van der Waals surface area contributed by atoms with Gasteiger partial charge in [-0.2, -0.15) is 0 Å². The fourth-order valence-electron chi connectivity index (χ4n) is 3.37. The summed E-state index contributed by atoms with van der Waals surface area (Å²) in [7, 11) is 0. The highest BCUT2D eigenvalue weighted by Crippen LogP contribution is 2.47. The molecule has 4 nitrogen and oxygen atoms in total. The number of hydrogen-bond donors (Lipinski definition) is 2. The first kappa shape index (κ1) is 12.1. The topological polar surface area (TPSA) is 66.0 Å². The van der Waals surface area contributed by atoms with Crippen LogP contribution in [0.5, 0.6) is 0 Å². The van der Waals surface area contributed by atoms with Crippen molar-refractivity contribution in [3.8, 4) is 0 Å². The summed E-state index contributed by atoms with van der Waals surface area (Å²) >= 11 is 1.29. The molecular formula is C13H18N2O2S. The van der Waals surface area contributed by atoms with Crippen LogP contribution in [-0.2, 0) is 17.6 Å². The molecule has 0 radical (unpaired) electrons. The summed E-state index contributed by atoms with van der Waals surface area (Å²) in [6.07, 6.45) is 8.86. The second-order valence-corrected chi connectivity index (χ2v) is 6.50. The fraction of sp³-hybridized carbons (Fsp3) is 0.692. The van der Waals surface area contributed by atoms with Gasteiger partial charge < -0.3 is 10.1 Å². The Hall–Kier alpha value is -0.970. The molecule has 2 N–H and O–H groups in total. The Morgan fingerprint density at radius 3 is 2.89 bits per heavy atom. The molecule has 0 unspecified atom stereocenters. The van der Waals surface area contributed by atoms with E-state index in [-0.39, 0.29) is 5.75 Å². The van der Waals surface area contributed by atoms with Crippen LogP contribution in [0.4, 0.5) is 0 Å². The van der Waals surface area contributed by atoms with Gasteiger partial charge in [-0.25, -0.2) is 4.98 Å². The summed E-state index contributed by atoms with van der Waals surface area (Å²) in [6, 6.07) is 0. The van der Waals surface area contributed by atoms with Gasteiger partial charge in [0.05, 0.1) is 11.4 Å². The number of rotatable bonds is 3. The van der Waals surface area contributed by atoms with Gasteiger partial charge in [0.1, 0.15) is 0 Å². The highest BCUT2D eigenvalue weighted by Gasteiger charge is 2.38. The Morgan fingerprint density at radius 1 is 1.39 bits per heavy atom. The first-order valence-electron chi connectivity index (χ1n) is 6.59. The predicted octanol–water partition coefficient (Wildman–Crippen LogP) is 2.64. The van der Waals surface area contributed by atoms with Gasteiger partial charge in [-0.1, -0.05) is 24.6 Å². The molecule has 0 bridgehead atoms. The Kier molecular flexibility index (Phi) is 3.09. The average Bonchev–Trinajstić information content (AvgIpc) is 2.93. The molecule has 3 rings (SSSR count). The van der Waals surface area contributed by atoms with Crippen LogP contribution in [0.2, 0.25) is 0 Å². The van der Waals surface area contributed by atoms with Crippen LogP contribution in [0.1, 0.15) is 43.5 Å². The molecule has 2 aliphatic rings. The number of H-pyrrole nitrogens is 1. The van der Waals surface area contributed by atoms with E-state index < -0.39 is 5.97 Å². The first-order valence-corrected chi connectivity index (χ1v) is 7.58. The van der Waals surface area contributed by atoms with Crippen molar-refractivity contribution in [3.63, 3.8) is 0 Å². The molecule has 1 spiro atoms. The lowest BCUT2D eigenvalue weighted by Crippen LogP contribution is -2.25. The van der Waals surface area contributed by atoms with Crippen molar-refractivity contribution in [2.75, 3.05) is 5.75 Å². The summed E-state index contributed by atoms with van der Waals surface area (Å²) in [5, 5.41) is 9.46. The lowest BCUT2D eigenvalue weighted by Gasteiger charge is -2.32. The number of carbonyl (C=O) groups is 1. The summed E-state index contributed by atoms with van der Waals surface area (Å²) in [4.78, 5) is 18.4. The Bertz CT molecular complexity index is 464. The third-order valence-electron chi connectivity index (χ3n) is 4.28. The van der Waals surface area contributed by atoms with Crippen molar-refractivity contribution in [3.05, 3.63) is 11.4 Å². The average molecular weight is 266 g/mol. The zero-order valence-electron chi connectivity index (χ0n) is 10.4. The van der Waals surface area contributed by atoms with E-state index in [1.807, 2.05) is 0 Å². The van der Waals surface area contributed by atoms with E-state index >= 15 is 0 Å². The van der Waals surface area contributed by atoms with Crippen molar-refractivity contribution in [1.29, 1.82) is 0 Å². The van der Waals surface area contributed by atoms with Crippen molar-refractivity contribution in [1.82, 2.24) is 9.97 Å². The molecule has 5 heteroatoms. The standard InChI is InChI=1S/C13H18N2O2S/c16-11(17)8-18-12-14-9-3-6-13(4-1-2-5-13)7-10(9)15-12/h1-8H2,(H,14,15)(H,16,17). The largest absolute Gasteiger partial charge is 0.481 e. The highest BCUT2D eigenvalue weighted by atomic mass is 32.2. The lowest BCUT2D eigenvalue weighted by molar-refractivity contribution is -0.133. The molecule has 18 heavy (non-hydrogen) atoms. The SMILES string of the molecule is O=C(O)CSc1nc2c([nH]1)CC1(CCCC1)CC2. The molecule has 98 valence electrons. The predicted molar refractivity (Wildman–Crippen MR) is 69.9 cm³/mol. The second-order valence-electron chi connectivity index (χ2n) is 5.53. The van der Waals surface area contributed by atoms with Crippen LogP contribution in [0, 0.1) is 5.41 Å². The second kappa shape index (κ2) is 4.61. The Balaban J connectivity index is 1.73. The van der Waals surface area contributed by atoms with Gasteiger partial charge in [-0.05, 0) is 37.5 Å². The van der Waals surface area contributed by atoms with Gasteiger partial charge in [-0.15, -0.1) is 0 Å². The number of nitrogens with zero attached hydrogens (tertiary/aromatic N) is 1. The van der Waals surface area contributed by atoms with E-state index in [0.717, 1.165) is 18.0 Å². The third-order valence-corrected chi connectivity index (χ3v) is 5.14. The molecule has 2 aliphatic carbocycles. The number of carboxylic acid groups (broad SMARTS) is 1. The van der Waals surface area contributed by atoms with E-state index in [1.165, 1.54) is 55.3 Å². The number of carboxylic acids is 1. The maximum Gasteiger partial charge on any atom is 0.313 e. The highest BCUT2D eigenvalue weighted by molar-refractivity contribution is 7.99. The fourth-order valence-corrected chi connectivity index (χ4v) is 4.00. The van der Waals surface area contributed by atoms with Crippen LogP contribution >= 0.6 is 11.8 Å². The van der Waals surface area contributed by atoms with E-state index in [1.54, 1.807) is 0 Å². The molecule has 1 fully saturated rings. The monoisotopic (exact) mass is 266 g/mol. The molecule has 1 saturated carbocycles. The van der Waals surface area contributed by atoms with Crippen molar-refractivity contribution < 1.29 is 9.90 Å². The van der Waals surface area contributed by atoms with Crippen LogP contribution in [0.3, 0.4) is 0 Å². The molecule has 0 aliphatic heterocycles. The molecular weight excluding hydrogens is 248 g/mol. The van der Waals surface area contributed by atoms with Gasteiger partial charge in [0.2, 0.25) is 0 Å². The smallest absolute Gasteiger partial charge is 0.313 e. The molecule has 0 saturated heterocycles. The molecule has 1 aromatic heterocycles. The zero-order valence-corrected chi connectivity index (χ0v) is 11.2. The number of nitrogens with one attached hydrogen (secondary N) is 1. The van der Waals surface area contributed by atoms with Crippen LogP contribution in [0.25, 0.3) is 0 Å². The number of aromatic nitrogens is 2. The van der Waals surface area contributed by atoms with Gasteiger partial charge in [0.25, 0.3) is 0 Å². The van der Waals surface area contributed by atoms with Gasteiger partial charge in [-0.3, -0.25) is 4.79 Å². The quantitative estimate of drug-likeness (QED) is 0.825. The number of aromatic amines is 1. The Labute approximate surface area is 111 Å². The molecule has 0 aromatic carbocycles. The zero-order chi connectivity index (χ0) is 12.6. The number of imidazole rings is 1. The van der Waals surface area contributed by atoms with E-state index in [0.29, 0.717) is 5.41 Å². The number of hydrogen-bond acceptors (Lipinski definition) is 3. The first-order chi connectivity index (χ1) is 8.67. The number of thioether (sulfide) groups is 1. The number of fused-ring (bicyclic) bond motifs is 1. The van der Waals surface area contributed by atoms with Crippen LogP contribution in [-0.4, -0.2) is 26.8 Å². The molecule has 1 aromatic rings. The van der Waals surface area contributed by atoms with Crippen LogP contribution < -0.4 is 0 Å².